The molecule has 0 fully saturated rings. The van der Waals surface area contributed by atoms with Crippen LogP contribution in [0.3, 0.4) is 0 Å². The third kappa shape index (κ3) is 5.58. The highest BCUT2D eigenvalue weighted by Gasteiger charge is 2.15. The van der Waals surface area contributed by atoms with Gasteiger partial charge in [-0.15, -0.1) is 0 Å². The van der Waals surface area contributed by atoms with Crippen LogP contribution in [-0.2, 0) is 11.2 Å². The molecule has 120 valence electrons. The van der Waals surface area contributed by atoms with Crippen molar-refractivity contribution in [2.24, 2.45) is 0 Å². The number of rotatable bonds is 4. The van der Waals surface area contributed by atoms with Crippen LogP contribution in [-0.4, -0.2) is 17.4 Å². The SMILES string of the molecule is CC(C)(C)NC(=O)c1ccc(NC(=O)Cc2ccccc2)cc1. The van der Waals surface area contributed by atoms with Gasteiger partial charge in [-0.05, 0) is 50.6 Å². The average molecular weight is 310 g/mol. The first kappa shape index (κ1) is 16.7. The fourth-order valence-electron chi connectivity index (χ4n) is 2.10. The summed E-state index contributed by atoms with van der Waals surface area (Å²) in [4.78, 5) is 24.0. The summed E-state index contributed by atoms with van der Waals surface area (Å²) in [5.41, 5.74) is 1.94. The Bertz CT molecular complexity index is 671. The molecular formula is C19H22N2O2. The van der Waals surface area contributed by atoms with Gasteiger partial charge in [0.2, 0.25) is 5.91 Å². The van der Waals surface area contributed by atoms with E-state index >= 15 is 0 Å². The first-order valence-electron chi connectivity index (χ1n) is 7.60. The van der Waals surface area contributed by atoms with Crippen LogP contribution in [0.1, 0.15) is 36.7 Å². The molecule has 2 aromatic rings. The van der Waals surface area contributed by atoms with Gasteiger partial charge in [0.25, 0.3) is 5.91 Å². The third-order valence-electron chi connectivity index (χ3n) is 3.13. The predicted octanol–water partition coefficient (Wildman–Crippen LogP) is 3.40. The van der Waals surface area contributed by atoms with Crippen molar-refractivity contribution in [2.75, 3.05) is 5.32 Å². The first-order valence-corrected chi connectivity index (χ1v) is 7.60. The maximum atomic E-state index is 12.0. The van der Waals surface area contributed by atoms with Crippen LogP contribution >= 0.6 is 0 Å². The topological polar surface area (TPSA) is 58.2 Å². The number of carbonyl (C=O) groups is 2. The highest BCUT2D eigenvalue weighted by molar-refractivity contribution is 5.96. The van der Waals surface area contributed by atoms with Crippen molar-refractivity contribution in [2.45, 2.75) is 32.7 Å². The van der Waals surface area contributed by atoms with Gasteiger partial charge in [-0.1, -0.05) is 30.3 Å². The lowest BCUT2D eigenvalue weighted by atomic mass is 10.1. The number of amides is 2. The second-order valence-corrected chi connectivity index (χ2v) is 6.49. The quantitative estimate of drug-likeness (QED) is 0.909. The van der Waals surface area contributed by atoms with Crippen molar-refractivity contribution < 1.29 is 9.59 Å². The van der Waals surface area contributed by atoms with Crippen LogP contribution in [0, 0.1) is 0 Å². The Morgan fingerprint density at radius 2 is 1.52 bits per heavy atom. The zero-order valence-corrected chi connectivity index (χ0v) is 13.7. The molecular weight excluding hydrogens is 288 g/mol. The van der Waals surface area contributed by atoms with Gasteiger partial charge >= 0.3 is 0 Å². The second kappa shape index (κ2) is 7.09. The summed E-state index contributed by atoms with van der Waals surface area (Å²) in [6.07, 6.45) is 0.326. The molecule has 2 amide bonds. The minimum absolute atomic E-state index is 0.0805. The number of hydrogen-bond acceptors (Lipinski definition) is 2. The molecule has 4 heteroatoms. The van der Waals surface area contributed by atoms with Crippen LogP contribution in [0.5, 0.6) is 0 Å². The van der Waals surface area contributed by atoms with E-state index in [4.69, 9.17) is 0 Å². The molecule has 23 heavy (non-hydrogen) atoms. The molecule has 2 aromatic carbocycles. The lowest BCUT2D eigenvalue weighted by Crippen LogP contribution is -2.40. The van der Waals surface area contributed by atoms with Gasteiger partial charge in [-0.25, -0.2) is 0 Å². The van der Waals surface area contributed by atoms with Crippen LogP contribution < -0.4 is 10.6 Å². The van der Waals surface area contributed by atoms with Crippen molar-refractivity contribution in [3.8, 4) is 0 Å². The van der Waals surface area contributed by atoms with E-state index in [1.54, 1.807) is 24.3 Å². The molecule has 0 radical (unpaired) electrons. The number of benzene rings is 2. The van der Waals surface area contributed by atoms with Gasteiger partial charge in [0.1, 0.15) is 0 Å². The molecule has 0 atom stereocenters. The van der Waals surface area contributed by atoms with E-state index in [0.717, 1.165) is 5.56 Å². The number of hydrogen-bond donors (Lipinski definition) is 2. The maximum absolute atomic E-state index is 12.0. The van der Waals surface area contributed by atoms with E-state index in [-0.39, 0.29) is 17.4 Å². The molecule has 0 aliphatic rings. The molecule has 0 aliphatic carbocycles. The molecule has 0 aromatic heterocycles. The molecule has 4 nitrogen and oxygen atoms in total. The summed E-state index contributed by atoms with van der Waals surface area (Å²) in [7, 11) is 0. The summed E-state index contributed by atoms with van der Waals surface area (Å²) in [5.74, 6) is -0.206. The summed E-state index contributed by atoms with van der Waals surface area (Å²) >= 11 is 0. The van der Waals surface area contributed by atoms with Crippen LogP contribution in [0.4, 0.5) is 5.69 Å². The smallest absolute Gasteiger partial charge is 0.251 e. The molecule has 0 bridgehead atoms. The summed E-state index contributed by atoms with van der Waals surface area (Å²) < 4.78 is 0. The molecule has 0 unspecified atom stereocenters. The zero-order valence-electron chi connectivity index (χ0n) is 13.7. The van der Waals surface area contributed by atoms with Gasteiger partial charge in [0.05, 0.1) is 6.42 Å². The van der Waals surface area contributed by atoms with Crippen molar-refractivity contribution >= 4 is 17.5 Å². The molecule has 0 spiro atoms. The maximum Gasteiger partial charge on any atom is 0.251 e. The fraction of sp³-hybridized carbons (Fsp3) is 0.263. The largest absolute Gasteiger partial charge is 0.347 e. The number of carbonyl (C=O) groups excluding carboxylic acids is 2. The molecule has 2 N–H and O–H groups in total. The Balaban J connectivity index is 1.94. The van der Waals surface area contributed by atoms with Crippen LogP contribution in [0.15, 0.2) is 54.6 Å². The van der Waals surface area contributed by atoms with Crippen LogP contribution in [0.2, 0.25) is 0 Å². The van der Waals surface area contributed by atoms with Gasteiger partial charge < -0.3 is 10.6 Å². The van der Waals surface area contributed by atoms with Crippen molar-refractivity contribution in [1.82, 2.24) is 5.32 Å². The first-order chi connectivity index (χ1) is 10.8. The number of nitrogens with one attached hydrogen (secondary N) is 2. The van der Waals surface area contributed by atoms with E-state index in [1.165, 1.54) is 0 Å². The number of anilines is 1. The van der Waals surface area contributed by atoms with Crippen molar-refractivity contribution in [3.05, 3.63) is 65.7 Å². The molecule has 0 heterocycles. The molecule has 0 saturated carbocycles. The highest BCUT2D eigenvalue weighted by Crippen LogP contribution is 2.12. The fourth-order valence-corrected chi connectivity index (χ4v) is 2.10. The Kier molecular flexibility index (Phi) is 5.16. The van der Waals surface area contributed by atoms with Gasteiger partial charge in [0, 0.05) is 16.8 Å². The Morgan fingerprint density at radius 1 is 0.913 bits per heavy atom. The summed E-state index contributed by atoms with van der Waals surface area (Å²) in [5, 5.41) is 5.74. The van der Waals surface area contributed by atoms with Crippen molar-refractivity contribution in [3.63, 3.8) is 0 Å². The van der Waals surface area contributed by atoms with E-state index < -0.39 is 0 Å². The standard InChI is InChI=1S/C19H22N2O2/c1-19(2,3)21-18(23)15-9-11-16(12-10-15)20-17(22)13-14-7-5-4-6-8-14/h4-12H,13H2,1-3H3,(H,20,22)(H,21,23). The minimum Gasteiger partial charge on any atom is -0.347 e. The van der Waals surface area contributed by atoms with Gasteiger partial charge in [-0.3, -0.25) is 9.59 Å². The van der Waals surface area contributed by atoms with Gasteiger partial charge in [-0.2, -0.15) is 0 Å². The van der Waals surface area contributed by atoms with E-state index in [1.807, 2.05) is 51.1 Å². The molecule has 2 rings (SSSR count). The summed E-state index contributed by atoms with van der Waals surface area (Å²) in [6.45, 7) is 5.80. The lowest BCUT2D eigenvalue weighted by Gasteiger charge is -2.20. The predicted molar refractivity (Wildman–Crippen MR) is 92.4 cm³/mol. The Labute approximate surface area is 136 Å². The van der Waals surface area contributed by atoms with E-state index in [2.05, 4.69) is 10.6 Å². The normalized spacial score (nSPS) is 10.9. The van der Waals surface area contributed by atoms with Crippen molar-refractivity contribution in [1.29, 1.82) is 0 Å². The molecule has 0 aliphatic heterocycles. The second-order valence-electron chi connectivity index (χ2n) is 6.49. The minimum atomic E-state index is -0.278. The molecule has 0 saturated heterocycles. The Hall–Kier alpha value is -2.62. The zero-order chi connectivity index (χ0) is 16.9. The lowest BCUT2D eigenvalue weighted by molar-refractivity contribution is -0.115. The van der Waals surface area contributed by atoms with Gasteiger partial charge in [0.15, 0.2) is 0 Å². The highest BCUT2D eigenvalue weighted by atomic mass is 16.2. The van der Waals surface area contributed by atoms with E-state index in [0.29, 0.717) is 17.7 Å². The van der Waals surface area contributed by atoms with Crippen LogP contribution in [0.25, 0.3) is 0 Å². The van der Waals surface area contributed by atoms with E-state index in [9.17, 15) is 9.59 Å². The monoisotopic (exact) mass is 310 g/mol. The Morgan fingerprint density at radius 3 is 2.09 bits per heavy atom. The third-order valence-corrected chi connectivity index (χ3v) is 3.13. The average Bonchev–Trinajstić information content (AvgIpc) is 2.47. The summed E-state index contributed by atoms with van der Waals surface area (Å²) in [6, 6.07) is 16.5.